The number of tetrazole rings is 1. The smallest absolute Gasteiger partial charge is 0.153 e. The van der Waals surface area contributed by atoms with Crippen molar-refractivity contribution in [3.05, 3.63) is 5.82 Å². The first-order valence-electron chi connectivity index (χ1n) is 5.76. The van der Waals surface area contributed by atoms with Gasteiger partial charge in [0.2, 0.25) is 0 Å². The molecule has 0 aliphatic heterocycles. The summed E-state index contributed by atoms with van der Waals surface area (Å²) in [6, 6.07) is 0. The number of hydrogen-bond acceptors (Lipinski definition) is 4. The molecule has 0 aromatic carbocycles. The Balaban J connectivity index is 1.93. The quantitative estimate of drug-likeness (QED) is 0.798. The van der Waals surface area contributed by atoms with Crippen molar-refractivity contribution in [2.45, 2.75) is 45.1 Å². The lowest BCUT2D eigenvalue weighted by atomic mass is 9.89. The summed E-state index contributed by atoms with van der Waals surface area (Å²) in [7, 11) is 0. The normalized spacial score (nSPS) is 18.2. The third-order valence-corrected chi connectivity index (χ3v) is 3.10. The lowest BCUT2D eigenvalue weighted by Gasteiger charge is -2.21. The van der Waals surface area contributed by atoms with Crippen LogP contribution < -0.4 is 0 Å². The van der Waals surface area contributed by atoms with Crippen LogP contribution in [0.4, 0.5) is 0 Å². The van der Waals surface area contributed by atoms with Crippen LogP contribution in [0, 0.1) is 5.92 Å². The summed E-state index contributed by atoms with van der Waals surface area (Å²) in [6.07, 6.45) is 7.18. The van der Waals surface area contributed by atoms with Gasteiger partial charge in [-0.2, -0.15) is 0 Å². The van der Waals surface area contributed by atoms with Crippen LogP contribution in [0.15, 0.2) is 0 Å². The van der Waals surface area contributed by atoms with Gasteiger partial charge in [-0.05, 0) is 29.2 Å². The Morgan fingerprint density at radius 1 is 1.27 bits per heavy atom. The lowest BCUT2D eigenvalue weighted by Crippen LogP contribution is -2.17. The molecule has 0 bridgehead atoms. The summed E-state index contributed by atoms with van der Waals surface area (Å²) in [5, 5.41) is 20.4. The zero-order valence-corrected chi connectivity index (χ0v) is 8.97. The van der Waals surface area contributed by atoms with E-state index in [-0.39, 0.29) is 6.61 Å². The van der Waals surface area contributed by atoms with Gasteiger partial charge >= 0.3 is 0 Å². The average Bonchev–Trinajstić information content (AvgIpc) is 2.68. The third kappa shape index (κ3) is 2.75. The highest BCUT2D eigenvalue weighted by Crippen LogP contribution is 2.24. The number of hydrogen-bond donors (Lipinski definition) is 1. The molecule has 1 fully saturated rings. The van der Waals surface area contributed by atoms with E-state index in [2.05, 4.69) is 15.5 Å². The second-order valence-corrected chi connectivity index (χ2v) is 4.25. The minimum atomic E-state index is 0.116. The highest BCUT2D eigenvalue weighted by atomic mass is 16.3. The fourth-order valence-corrected chi connectivity index (χ4v) is 2.26. The van der Waals surface area contributed by atoms with E-state index in [1.807, 2.05) is 4.68 Å². The molecule has 5 heteroatoms. The van der Waals surface area contributed by atoms with E-state index in [1.54, 1.807) is 0 Å². The maximum atomic E-state index is 8.86. The maximum absolute atomic E-state index is 8.86. The SMILES string of the molecule is OCCc1nnnn1CC1CCCCC1. The van der Waals surface area contributed by atoms with Gasteiger partial charge in [-0.3, -0.25) is 0 Å². The molecule has 2 rings (SSSR count). The fourth-order valence-electron chi connectivity index (χ4n) is 2.26. The maximum Gasteiger partial charge on any atom is 0.153 e. The molecule has 0 spiro atoms. The van der Waals surface area contributed by atoms with Crippen molar-refractivity contribution in [1.82, 2.24) is 20.2 Å². The Bertz CT molecular complexity index is 293. The van der Waals surface area contributed by atoms with Gasteiger partial charge in [-0.25, -0.2) is 4.68 Å². The monoisotopic (exact) mass is 210 g/mol. The van der Waals surface area contributed by atoms with Crippen molar-refractivity contribution in [3.8, 4) is 0 Å². The zero-order chi connectivity index (χ0) is 10.5. The number of aliphatic hydroxyl groups is 1. The zero-order valence-electron chi connectivity index (χ0n) is 8.97. The van der Waals surface area contributed by atoms with E-state index < -0.39 is 0 Å². The molecule has 0 atom stereocenters. The van der Waals surface area contributed by atoms with E-state index in [9.17, 15) is 0 Å². The number of nitrogens with zero attached hydrogens (tertiary/aromatic N) is 4. The Morgan fingerprint density at radius 3 is 2.80 bits per heavy atom. The highest BCUT2D eigenvalue weighted by Gasteiger charge is 2.16. The third-order valence-electron chi connectivity index (χ3n) is 3.10. The first kappa shape index (κ1) is 10.5. The average molecular weight is 210 g/mol. The summed E-state index contributed by atoms with van der Waals surface area (Å²) in [4.78, 5) is 0. The van der Waals surface area contributed by atoms with E-state index in [1.165, 1.54) is 32.1 Å². The summed E-state index contributed by atoms with van der Waals surface area (Å²) in [6.45, 7) is 1.04. The van der Waals surface area contributed by atoms with Gasteiger partial charge in [0.15, 0.2) is 5.82 Å². The van der Waals surface area contributed by atoms with Gasteiger partial charge in [0.05, 0.1) is 6.61 Å². The molecule has 0 saturated heterocycles. The number of aromatic nitrogens is 4. The predicted octanol–water partition coefficient (Wildman–Crippen LogP) is 0.788. The summed E-state index contributed by atoms with van der Waals surface area (Å²) in [5.74, 6) is 1.53. The van der Waals surface area contributed by atoms with Crippen molar-refractivity contribution in [2.75, 3.05) is 6.61 Å². The molecule has 84 valence electrons. The van der Waals surface area contributed by atoms with Crippen LogP contribution in [0.25, 0.3) is 0 Å². The largest absolute Gasteiger partial charge is 0.396 e. The van der Waals surface area contributed by atoms with E-state index in [4.69, 9.17) is 5.11 Å². The molecule has 1 aromatic heterocycles. The standard InChI is InChI=1S/C10H18N4O/c15-7-6-10-11-12-13-14(10)8-9-4-2-1-3-5-9/h9,15H,1-8H2. The lowest BCUT2D eigenvalue weighted by molar-refractivity contribution is 0.280. The molecule has 1 aliphatic carbocycles. The first-order chi connectivity index (χ1) is 7.40. The minimum absolute atomic E-state index is 0.116. The Kier molecular flexibility index (Phi) is 3.66. The Labute approximate surface area is 89.5 Å². The van der Waals surface area contributed by atoms with Gasteiger partial charge in [-0.15, -0.1) is 5.10 Å². The topological polar surface area (TPSA) is 63.8 Å². The van der Waals surface area contributed by atoms with Gasteiger partial charge in [0, 0.05) is 13.0 Å². The Morgan fingerprint density at radius 2 is 2.07 bits per heavy atom. The summed E-state index contributed by atoms with van der Waals surface area (Å²) < 4.78 is 1.85. The molecule has 0 unspecified atom stereocenters. The van der Waals surface area contributed by atoms with Gasteiger partial charge in [-0.1, -0.05) is 19.3 Å². The molecule has 1 aromatic rings. The van der Waals surface area contributed by atoms with Gasteiger partial charge in [0.25, 0.3) is 0 Å². The molecule has 0 radical (unpaired) electrons. The van der Waals surface area contributed by atoms with Gasteiger partial charge in [0.1, 0.15) is 0 Å². The van der Waals surface area contributed by atoms with E-state index >= 15 is 0 Å². The van der Waals surface area contributed by atoms with Crippen LogP contribution in [-0.4, -0.2) is 31.9 Å². The molecule has 1 saturated carbocycles. The fraction of sp³-hybridized carbons (Fsp3) is 0.900. The minimum Gasteiger partial charge on any atom is -0.396 e. The van der Waals surface area contributed by atoms with Crippen LogP contribution >= 0.6 is 0 Å². The van der Waals surface area contributed by atoms with Crippen LogP contribution in [0.5, 0.6) is 0 Å². The Hall–Kier alpha value is -0.970. The van der Waals surface area contributed by atoms with Gasteiger partial charge < -0.3 is 5.11 Å². The number of aliphatic hydroxyl groups excluding tert-OH is 1. The molecular formula is C10H18N4O. The van der Waals surface area contributed by atoms with Crippen molar-refractivity contribution in [1.29, 1.82) is 0 Å². The van der Waals surface area contributed by atoms with Crippen LogP contribution in [0.2, 0.25) is 0 Å². The van der Waals surface area contributed by atoms with Crippen molar-refractivity contribution in [3.63, 3.8) is 0 Å². The highest BCUT2D eigenvalue weighted by molar-refractivity contribution is 4.81. The molecular weight excluding hydrogens is 192 g/mol. The van der Waals surface area contributed by atoms with Crippen LogP contribution in [0.3, 0.4) is 0 Å². The van der Waals surface area contributed by atoms with Crippen LogP contribution in [-0.2, 0) is 13.0 Å². The summed E-state index contributed by atoms with van der Waals surface area (Å²) in [5.41, 5.74) is 0. The predicted molar refractivity (Wildman–Crippen MR) is 55.2 cm³/mol. The molecule has 1 heterocycles. The molecule has 0 amide bonds. The van der Waals surface area contributed by atoms with Crippen LogP contribution in [0.1, 0.15) is 37.9 Å². The number of rotatable bonds is 4. The summed E-state index contributed by atoms with van der Waals surface area (Å²) >= 11 is 0. The first-order valence-corrected chi connectivity index (χ1v) is 5.76. The molecule has 5 nitrogen and oxygen atoms in total. The molecule has 1 N–H and O–H groups in total. The second-order valence-electron chi connectivity index (χ2n) is 4.25. The van der Waals surface area contributed by atoms with E-state index in [0.29, 0.717) is 6.42 Å². The van der Waals surface area contributed by atoms with Crippen molar-refractivity contribution >= 4 is 0 Å². The van der Waals surface area contributed by atoms with E-state index in [0.717, 1.165) is 18.3 Å². The van der Waals surface area contributed by atoms with Crippen molar-refractivity contribution < 1.29 is 5.11 Å². The molecule has 1 aliphatic rings. The molecule has 15 heavy (non-hydrogen) atoms. The van der Waals surface area contributed by atoms with Crippen molar-refractivity contribution in [2.24, 2.45) is 5.92 Å². The second kappa shape index (κ2) is 5.21.